The Morgan fingerprint density at radius 1 is 1.29 bits per heavy atom. The van der Waals surface area contributed by atoms with E-state index >= 15 is 0 Å². The van der Waals surface area contributed by atoms with Gasteiger partial charge in [0.15, 0.2) is 5.65 Å². The van der Waals surface area contributed by atoms with E-state index in [1.54, 1.807) is 6.07 Å². The molecule has 1 aliphatic rings. The lowest BCUT2D eigenvalue weighted by Gasteiger charge is -2.21. The van der Waals surface area contributed by atoms with Crippen LogP contribution in [0.4, 0.5) is 13.2 Å². The predicted octanol–water partition coefficient (Wildman–Crippen LogP) is 3.15. The first kappa shape index (κ1) is 16.7. The van der Waals surface area contributed by atoms with Gasteiger partial charge in [-0.1, -0.05) is 19.3 Å². The summed E-state index contributed by atoms with van der Waals surface area (Å²) in [6, 6.07) is 3.04. The molecule has 0 atom stereocenters. The molecule has 2 aromatic heterocycles. The molecule has 5 nitrogen and oxygen atoms in total. The lowest BCUT2D eigenvalue weighted by atomic mass is 9.89. The quantitative estimate of drug-likeness (QED) is 0.930. The fourth-order valence-electron chi connectivity index (χ4n) is 3.19. The Bertz CT molecular complexity index is 720. The molecule has 0 bridgehead atoms. The monoisotopic (exact) mass is 340 g/mol. The lowest BCUT2D eigenvalue weighted by molar-refractivity contribution is -0.146. The number of carbonyl (C=O) groups excluding carboxylic acids is 1. The SMILES string of the molecule is O=C(NCCn1c(C(F)(F)F)nc2cccnc21)C1CCCCC1. The number of nitrogens with one attached hydrogen (secondary N) is 1. The smallest absolute Gasteiger partial charge is 0.354 e. The predicted molar refractivity (Wildman–Crippen MR) is 82.1 cm³/mol. The highest BCUT2D eigenvalue weighted by atomic mass is 19.4. The van der Waals surface area contributed by atoms with Gasteiger partial charge in [-0.05, 0) is 25.0 Å². The second-order valence-corrected chi connectivity index (χ2v) is 6.06. The zero-order valence-electron chi connectivity index (χ0n) is 13.1. The fourth-order valence-corrected chi connectivity index (χ4v) is 3.19. The van der Waals surface area contributed by atoms with Crippen LogP contribution in [0.1, 0.15) is 37.9 Å². The summed E-state index contributed by atoms with van der Waals surface area (Å²) < 4.78 is 40.5. The molecule has 0 aromatic carbocycles. The van der Waals surface area contributed by atoms with E-state index in [4.69, 9.17) is 0 Å². The van der Waals surface area contributed by atoms with Crippen LogP contribution in [0.25, 0.3) is 11.2 Å². The van der Waals surface area contributed by atoms with Gasteiger partial charge in [0.1, 0.15) is 5.52 Å². The number of nitrogens with zero attached hydrogens (tertiary/aromatic N) is 3. The molecule has 0 unspecified atom stereocenters. The second kappa shape index (κ2) is 6.78. The molecule has 24 heavy (non-hydrogen) atoms. The Balaban J connectivity index is 1.71. The Labute approximate surface area is 137 Å². The highest BCUT2D eigenvalue weighted by molar-refractivity contribution is 5.78. The molecular formula is C16H19F3N4O. The van der Waals surface area contributed by atoms with Crippen molar-refractivity contribution in [2.75, 3.05) is 6.54 Å². The Morgan fingerprint density at radius 2 is 2.04 bits per heavy atom. The van der Waals surface area contributed by atoms with Crippen LogP contribution < -0.4 is 5.32 Å². The van der Waals surface area contributed by atoms with Crippen LogP contribution in [0, 0.1) is 5.92 Å². The molecule has 2 heterocycles. The first-order valence-corrected chi connectivity index (χ1v) is 8.13. The molecule has 8 heteroatoms. The van der Waals surface area contributed by atoms with Crippen molar-refractivity contribution in [2.24, 2.45) is 5.92 Å². The van der Waals surface area contributed by atoms with Crippen LogP contribution in [0.5, 0.6) is 0 Å². The number of fused-ring (bicyclic) bond motifs is 1. The topological polar surface area (TPSA) is 59.8 Å². The molecule has 0 spiro atoms. The van der Waals surface area contributed by atoms with E-state index in [9.17, 15) is 18.0 Å². The van der Waals surface area contributed by atoms with E-state index in [0.29, 0.717) is 0 Å². The Kier molecular flexibility index (Phi) is 4.73. The number of hydrogen-bond acceptors (Lipinski definition) is 3. The molecular weight excluding hydrogens is 321 g/mol. The minimum atomic E-state index is -4.56. The van der Waals surface area contributed by atoms with Crippen molar-refractivity contribution in [3.05, 3.63) is 24.2 Å². The van der Waals surface area contributed by atoms with Crippen LogP contribution in [0.3, 0.4) is 0 Å². The number of rotatable bonds is 4. The van der Waals surface area contributed by atoms with E-state index in [0.717, 1.165) is 36.7 Å². The zero-order valence-corrected chi connectivity index (χ0v) is 13.1. The second-order valence-electron chi connectivity index (χ2n) is 6.06. The van der Waals surface area contributed by atoms with Crippen molar-refractivity contribution in [1.29, 1.82) is 0 Å². The molecule has 0 saturated heterocycles. The lowest BCUT2D eigenvalue weighted by Crippen LogP contribution is -2.34. The molecule has 1 N–H and O–H groups in total. The van der Waals surface area contributed by atoms with Crippen LogP contribution in [0.15, 0.2) is 18.3 Å². The van der Waals surface area contributed by atoms with Gasteiger partial charge in [0.25, 0.3) is 0 Å². The maximum atomic E-state index is 13.2. The fraction of sp³-hybridized carbons (Fsp3) is 0.562. The summed E-state index contributed by atoms with van der Waals surface area (Å²) in [5, 5.41) is 2.75. The average molecular weight is 340 g/mol. The van der Waals surface area contributed by atoms with Crippen molar-refractivity contribution in [3.63, 3.8) is 0 Å². The van der Waals surface area contributed by atoms with Gasteiger partial charge in [0.2, 0.25) is 11.7 Å². The third-order valence-electron chi connectivity index (χ3n) is 4.37. The molecule has 2 aromatic rings. The van der Waals surface area contributed by atoms with Gasteiger partial charge in [-0.3, -0.25) is 4.79 Å². The number of imidazole rings is 1. The van der Waals surface area contributed by atoms with Crippen LogP contribution >= 0.6 is 0 Å². The van der Waals surface area contributed by atoms with Gasteiger partial charge in [-0.15, -0.1) is 0 Å². The summed E-state index contributed by atoms with van der Waals surface area (Å²) >= 11 is 0. The highest BCUT2D eigenvalue weighted by Gasteiger charge is 2.37. The number of amides is 1. The van der Waals surface area contributed by atoms with Crippen molar-refractivity contribution < 1.29 is 18.0 Å². The van der Waals surface area contributed by atoms with Gasteiger partial charge in [0.05, 0.1) is 0 Å². The number of hydrogen-bond donors (Lipinski definition) is 1. The molecule has 1 aliphatic carbocycles. The summed E-state index contributed by atoms with van der Waals surface area (Å²) in [4.78, 5) is 19.7. The van der Waals surface area contributed by atoms with Crippen molar-refractivity contribution in [1.82, 2.24) is 19.9 Å². The van der Waals surface area contributed by atoms with Gasteiger partial charge < -0.3 is 9.88 Å². The van der Waals surface area contributed by atoms with Gasteiger partial charge >= 0.3 is 6.18 Å². The molecule has 1 amide bonds. The summed E-state index contributed by atoms with van der Waals surface area (Å²) in [7, 11) is 0. The van der Waals surface area contributed by atoms with Crippen molar-refractivity contribution in [2.45, 2.75) is 44.8 Å². The van der Waals surface area contributed by atoms with Gasteiger partial charge in [-0.25, -0.2) is 9.97 Å². The van der Waals surface area contributed by atoms with Crippen molar-refractivity contribution >= 4 is 17.1 Å². The molecule has 130 valence electrons. The number of carbonyl (C=O) groups is 1. The third-order valence-corrected chi connectivity index (χ3v) is 4.37. The third kappa shape index (κ3) is 3.52. The van der Waals surface area contributed by atoms with E-state index in [1.165, 1.54) is 12.3 Å². The number of aromatic nitrogens is 3. The van der Waals surface area contributed by atoms with E-state index in [1.807, 2.05) is 0 Å². The van der Waals surface area contributed by atoms with Gasteiger partial charge in [0, 0.05) is 25.2 Å². The summed E-state index contributed by atoms with van der Waals surface area (Å²) in [6.45, 7) is 0.112. The molecule has 3 rings (SSSR count). The molecule has 0 radical (unpaired) electrons. The molecule has 1 saturated carbocycles. The zero-order chi connectivity index (χ0) is 17.2. The number of halogens is 3. The van der Waals surface area contributed by atoms with Crippen LogP contribution in [-0.2, 0) is 17.5 Å². The van der Waals surface area contributed by atoms with E-state index in [2.05, 4.69) is 15.3 Å². The summed E-state index contributed by atoms with van der Waals surface area (Å²) in [5.41, 5.74) is 0.375. The maximum absolute atomic E-state index is 13.2. The van der Waals surface area contributed by atoms with Crippen molar-refractivity contribution in [3.8, 4) is 0 Å². The van der Waals surface area contributed by atoms with E-state index < -0.39 is 12.0 Å². The maximum Gasteiger partial charge on any atom is 0.449 e. The molecule has 0 aliphatic heterocycles. The summed E-state index contributed by atoms with van der Waals surface area (Å²) in [5.74, 6) is -1.07. The highest BCUT2D eigenvalue weighted by Crippen LogP contribution is 2.30. The largest absolute Gasteiger partial charge is 0.449 e. The first-order valence-electron chi connectivity index (χ1n) is 8.13. The first-order chi connectivity index (χ1) is 11.5. The normalized spacial score (nSPS) is 16.5. The number of pyridine rings is 1. The van der Waals surface area contributed by atoms with Crippen LogP contribution in [-0.4, -0.2) is 27.0 Å². The molecule has 1 fully saturated rings. The van der Waals surface area contributed by atoms with E-state index in [-0.39, 0.29) is 36.1 Å². The average Bonchev–Trinajstić information content (AvgIpc) is 2.95. The minimum absolute atomic E-state index is 0.0131. The minimum Gasteiger partial charge on any atom is -0.354 e. The summed E-state index contributed by atoms with van der Waals surface area (Å²) in [6.07, 6.45) is 1.80. The van der Waals surface area contributed by atoms with Gasteiger partial charge in [-0.2, -0.15) is 13.2 Å². The standard InChI is InChI=1S/C16H19F3N4O/c17-16(18,19)15-22-12-7-4-8-20-13(12)23(15)10-9-21-14(24)11-5-2-1-3-6-11/h4,7-8,11H,1-3,5-6,9-10H2,(H,21,24). The Hall–Kier alpha value is -2.12. The Morgan fingerprint density at radius 3 is 2.75 bits per heavy atom. The number of alkyl halides is 3. The van der Waals surface area contributed by atoms with Crippen LogP contribution in [0.2, 0.25) is 0 Å².